The summed E-state index contributed by atoms with van der Waals surface area (Å²) in [5.41, 5.74) is 0.185. The van der Waals surface area contributed by atoms with Crippen LogP contribution < -0.4 is 10.2 Å². The van der Waals surface area contributed by atoms with Crippen molar-refractivity contribution in [2.45, 2.75) is 23.5 Å². The average Bonchev–Trinajstić information content (AvgIpc) is 2.69. The zero-order chi connectivity index (χ0) is 20.3. The number of piperidine rings is 1. The number of carbonyl (C=O) groups is 1. The van der Waals surface area contributed by atoms with Gasteiger partial charge in [0.15, 0.2) is 0 Å². The van der Waals surface area contributed by atoms with Gasteiger partial charge in [-0.05, 0) is 37.1 Å². The van der Waals surface area contributed by atoms with Gasteiger partial charge in [-0.2, -0.15) is 8.78 Å². The van der Waals surface area contributed by atoms with Crippen LogP contribution in [0.1, 0.15) is 12.8 Å². The summed E-state index contributed by atoms with van der Waals surface area (Å²) in [6.07, 6.45) is 2.63. The molecule has 1 saturated heterocycles. The molecular formula is C18H18ClF2N3O3S. The highest BCUT2D eigenvalue weighted by atomic mass is 35.5. The van der Waals surface area contributed by atoms with Gasteiger partial charge in [-0.15, -0.1) is 0 Å². The number of aromatic nitrogens is 1. The number of benzene rings is 1. The molecule has 1 N–H and O–H groups in total. The molecule has 2 heterocycles. The van der Waals surface area contributed by atoms with E-state index in [4.69, 9.17) is 11.6 Å². The Balaban J connectivity index is 1.79. The molecule has 1 aromatic carbocycles. The van der Waals surface area contributed by atoms with E-state index in [-0.39, 0.29) is 18.1 Å². The number of nitrogens with zero attached hydrogens (tertiary/aromatic N) is 2. The number of hydrogen-bond acceptors (Lipinski definition) is 5. The topological polar surface area (TPSA) is 79.4 Å². The van der Waals surface area contributed by atoms with Gasteiger partial charge in [0.05, 0.1) is 21.5 Å². The van der Waals surface area contributed by atoms with E-state index in [0.717, 1.165) is 6.07 Å². The van der Waals surface area contributed by atoms with Crippen molar-refractivity contribution in [2.24, 2.45) is 5.92 Å². The summed E-state index contributed by atoms with van der Waals surface area (Å²) < 4.78 is 50.1. The summed E-state index contributed by atoms with van der Waals surface area (Å²) in [7, 11) is -4.75. The second-order valence-electron chi connectivity index (χ2n) is 6.41. The van der Waals surface area contributed by atoms with E-state index in [0.29, 0.717) is 30.2 Å². The number of alkyl halides is 2. The minimum absolute atomic E-state index is 0.185. The van der Waals surface area contributed by atoms with Gasteiger partial charge in [-0.25, -0.2) is 13.4 Å². The maximum absolute atomic E-state index is 13.0. The smallest absolute Gasteiger partial charge is 0.341 e. The van der Waals surface area contributed by atoms with Crippen molar-refractivity contribution in [3.05, 3.63) is 47.6 Å². The molecule has 3 rings (SSSR count). The summed E-state index contributed by atoms with van der Waals surface area (Å²) in [5.74, 6) is -3.86. The molecule has 6 nitrogen and oxygen atoms in total. The Morgan fingerprint density at radius 1 is 1.25 bits per heavy atom. The molecule has 1 aromatic heterocycles. The molecule has 1 atom stereocenters. The number of pyridine rings is 1. The van der Waals surface area contributed by atoms with Crippen LogP contribution >= 0.6 is 11.6 Å². The normalized spacial score (nSPS) is 17.6. The lowest BCUT2D eigenvalue weighted by Crippen LogP contribution is -2.41. The van der Waals surface area contributed by atoms with E-state index in [1.165, 1.54) is 18.3 Å². The first-order valence-electron chi connectivity index (χ1n) is 8.57. The number of sulfone groups is 1. The minimum Gasteiger partial charge on any atom is -0.370 e. The van der Waals surface area contributed by atoms with E-state index >= 15 is 0 Å². The van der Waals surface area contributed by atoms with Gasteiger partial charge in [0.2, 0.25) is 15.7 Å². The second kappa shape index (κ2) is 8.40. The van der Waals surface area contributed by atoms with Crippen molar-refractivity contribution in [1.29, 1.82) is 0 Å². The molecule has 150 valence electrons. The molecule has 1 fully saturated rings. The van der Waals surface area contributed by atoms with Crippen LogP contribution in [0.3, 0.4) is 0 Å². The van der Waals surface area contributed by atoms with E-state index in [1.54, 1.807) is 23.1 Å². The van der Waals surface area contributed by atoms with Gasteiger partial charge in [-0.3, -0.25) is 4.79 Å². The van der Waals surface area contributed by atoms with Crippen molar-refractivity contribution in [3.8, 4) is 0 Å². The summed E-state index contributed by atoms with van der Waals surface area (Å²) in [6.45, 7) is 0.688. The first-order valence-corrected chi connectivity index (χ1v) is 10.5. The average molecular weight is 430 g/mol. The van der Waals surface area contributed by atoms with E-state index in [2.05, 4.69) is 10.3 Å². The van der Waals surface area contributed by atoms with Crippen LogP contribution in [0.5, 0.6) is 0 Å². The summed E-state index contributed by atoms with van der Waals surface area (Å²) in [4.78, 5) is 17.8. The van der Waals surface area contributed by atoms with Crippen LogP contribution in [0.15, 0.2) is 47.5 Å². The largest absolute Gasteiger partial charge is 0.370 e. The zero-order valence-corrected chi connectivity index (χ0v) is 16.3. The Bertz CT molecular complexity index is 955. The van der Waals surface area contributed by atoms with Gasteiger partial charge >= 0.3 is 5.76 Å². The number of amides is 1. The standard InChI is InChI=1S/C18H18ClF2N3O3S/c19-13-7-8-16(22-10-13)23-17(25)12-4-3-9-24(11-12)14-5-1-2-6-15(14)28(26,27)18(20)21/h1-2,5-8,10,12,18H,3-4,9,11H2,(H,22,23,25). The van der Waals surface area contributed by atoms with E-state index in [9.17, 15) is 22.0 Å². The molecule has 1 unspecified atom stereocenters. The molecule has 1 aliphatic heterocycles. The summed E-state index contributed by atoms with van der Waals surface area (Å²) in [5, 5.41) is 3.14. The number of nitrogens with one attached hydrogen (secondary N) is 1. The Hall–Kier alpha value is -2.26. The molecule has 0 saturated carbocycles. The van der Waals surface area contributed by atoms with Crippen LogP contribution in [-0.2, 0) is 14.6 Å². The Morgan fingerprint density at radius 2 is 2.00 bits per heavy atom. The number of para-hydroxylation sites is 1. The van der Waals surface area contributed by atoms with Gasteiger partial charge in [-0.1, -0.05) is 23.7 Å². The third-order valence-corrected chi connectivity index (χ3v) is 6.17. The zero-order valence-electron chi connectivity index (χ0n) is 14.7. The van der Waals surface area contributed by atoms with Crippen LogP contribution in [0.2, 0.25) is 5.02 Å². The van der Waals surface area contributed by atoms with Crippen molar-refractivity contribution < 1.29 is 22.0 Å². The third kappa shape index (κ3) is 4.41. The fourth-order valence-corrected chi connectivity index (χ4v) is 4.20. The summed E-state index contributed by atoms with van der Waals surface area (Å²) >= 11 is 5.77. The predicted molar refractivity (Wildman–Crippen MR) is 102 cm³/mol. The number of rotatable bonds is 5. The highest BCUT2D eigenvalue weighted by Crippen LogP contribution is 2.32. The molecule has 0 radical (unpaired) electrons. The molecule has 1 amide bonds. The minimum atomic E-state index is -4.75. The Morgan fingerprint density at radius 3 is 2.68 bits per heavy atom. The quantitative estimate of drug-likeness (QED) is 0.785. The van der Waals surface area contributed by atoms with Crippen molar-refractivity contribution in [3.63, 3.8) is 0 Å². The van der Waals surface area contributed by atoms with E-state index in [1.807, 2.05) is 0 Å². The van der Waals surface area contributed by atoms with Crippen molar-refractivity contribution in [1.82, 2.24) is 4.98 Å². The Labute approximate surface area is 166 Å². The SMILES string of the molecule is O=C(Nc1ccc(Cl)cn1)C1CCCN(c2ccccc2S(=O)(=O)C(F)F)C1. The van der Waals surface area contributed by atoms with Crippen molar-refractivity contribution in [2.75, 3.05) is 23.3 Å². The first-order chi connectivity index (χ1) is 13.3. The maximum Gasteiger partial charge on any atom is 0.341 e. The third-order valence-electron chi connectivity index (χ3n) is 4.52. The van der Waals surface area contributed by atoms with E-state index < -0.39 is 26.4 Å². The lowest BCUT2D eigenvalue weighted by atomic mass is 9.96. The van der Waals surface area contributed by atoms with Crippen LogP contribution in [0, 0.1) is 5.92 Å². The van der Waals surface area contributed by atoms with Gasteiger partial charge in [0.1, 0.15) is 5.82 Å². The fraction of sp³-hybridized carbons (Fsp3) is 0.333. The molecule has 0 aliphatic carbocycles. The molecule has 28 heavy (non-hydrogen) atoms. The Kier molecular flexibility index (Phi) is 6.14. The van der Waals surface area contributed by atoms with Crippen LogP contribution in [0.4, 0.5) is 20.3 Å². The number of halogens is 3. The molecule has 2 aromatic rings. The van der Waals surface area contributed by atoms with Crippen LogP contribution in [-0.4, -0.2) is 38.2 Å². The van der Waals surface area contributed by atoms with Crippen LogP contribution in [0.25, 0.3) is 0 Å². The highest BCUT2D eigenvalue weighted by Gasteiger charge is 2.33. The van der Waals surface area contributed by atoms with Gasteiger partial charge < -0.3 is 10.2 Å². The number of hydrogen-bond donors (Lipinski definition) is 1. The molecule has 10 heteroatoms. The van der Waals surface area contributed by atoms with Crippen molar-refractivity contribution >= 4 is 38.9 Å². The second-order valence-corrected chi connectivity index (χ2v) is 8.73. The maximum atomic E-state index is 13.0. The number of anilines is 2. The van der Waals surface area contributed by atoms with Gasteiger partial charge in [0, 0.05) is 19.3 Å². The summed E-state index contributed by atoms with van der Waals surface area (Å²) in [6, 6.07) is 8.81. The lowest BCUT2D eigenvalue weighted by Gasteiger charge is -2.34. The molecule has 1 aliphatic rings. The molecule has 0 bridgehead atoms. The molecule has 0 spiro atoms. The predicted octanol–water partition coefficient (Wildman–Crippen LogP) is 3.59. The highest BCUT2D eigenvalue weighted by molar-refractivity contribution is 7.91. The van der Waals surface area contributed by atoms with Gasteiger partial charge in [0.25, 0.3) is 0 Å². The molecular weight excluding hydrogens is 412 g/mol. The first kappa shape index (κ1) is 20.5. The fourth-order valence-electron chi connectivity index (χ4n) is 3.14. The lowest BCUT2D eigenvalue weighted by molar-refractivity contribution is -0.120. The number of carbonyl (C=O) groups excluding carboxylic acids is 1. The monoisotopic (exact) mass is 429 g/mol.